The predicted octanol–water partition coefficient (Wildman–Crippen LogP) is 1.84. The lowest BCUT2D eigenvalue weighted by Crippen LogP contribution is -2.33. The molecule has 1 aromatic carbocycles. The summed E-state index contributed by atoms with van der Waals surface area (Å²) in [5.41, 5.74) is 1.26. The van der Waals surface area contributed by atoms with Crippen molar-refractivity contribution in [3.8, 4) is 18.1 Å². The van der Waals surface area contributed by atoms with E-state index in [4.69, 9.17) is 6.42 Å². The van der Waals surface area contributed by atoms with Gasteiger partial charge in [-0.15, -0.1) is 6.42 Å². The molecule has 0 aliphatic heterocycles. The Labute approximate surface area is 95.5 Å². The fraction of sp³-hybridized carbons (Fsp3) is 0.308. The van der Waals surface area contributed by atoms with Gasteiger partial charge in [0.1, 0.15) is 5.75 Å². The van der Waals surface area contributed by atoms with E-state index in [1.165, 1.54) is 6.07 Å². The first-order valence-corrected chi connectivity index (χ1v) is 5.15. The van der Waals surface area contributed by atoms with E-state index in [0.29, 0.717) is 12.0 Å². The highest BCUT2D eigenvalue weighted by Gasteiger charge is 2.12. The number of carbonyl (C=O) groups excluding carboxylic acids is 1. The van der Waals surface area contributed by atoms with Crippen molar-refractivity contribution in [2.24, 2.45) is 0 Å². The number of carbonyl (C=O) groups is 1. The Balaban J connectivity index is 2.85. The maximum atomic E-state index is 11.8. The van der Waals surface area contributed by atoms with Crippen LogP contribution in [0.3, 0.4) is 0 Å². The molecular formula is C13H15NO2. The molecule has 0 aromatic heterocycles. The van der Waals surface area contributed by atoms with E-state index in [2.05, 4.69) is 11.2 Å². The number of phenolic OH excluding ortho intramolecular Hbond substituents is 1. The first-order valence-electron chi connectivity index (χ1n) is 5.15. The summed E-state index contributed by atoms with van der Waals surface area (Å²) in [6, 6.07) is 4.37. The maximum absolute atomic E-state index is 11.8. The van der Waals surface area contributed by atoms with E-state index in [1.54, 1.807) is 19.1 Å². The summed E-state index contributed by atoms with van der Waals surface area (Å²) >= 11 is 0. The van der Waals surface area contributed by atoms with Gasteiger partial charge < -0.3 is 10.4 Å². The molecule has 0 fully saturated rings. The van der Waals surface area contributed by atoms with Crippen molar-refractivity contribution >= 4 is 5.91 Å². The van der Waals surface area contributed by atoms with Gasteiger partial charge in [-0.05, 0) is 37.1 Å². The molecule has 0 radical (unpaired) electrons. The second-order valence-corrected chi connectivity index (χ2v) is 3.60. The zero-order chi connectivity index (χ0) is 12.1. The fourth-order valence-electron chi connectivity index (χ4n) is 1.40. The molecule has 0 heterocycles. The molecule has 1 unspecified atom stereocenters. The van der Waals surface area contributed by atoms with Gasteiger partial charge >= 0.3 is 0 Å². The third kappa shape index (κ3) is 2.77. The van der Waals surface area contributed by atoms with Crippen molar-refractivity contribution < 1.29 is 9.90 Å². The van der Waals surface area contributed by atoms with Crippen LogP contribution in [0.4, 0.5) is 0 Å². The minimum absolute atomic E-state index is 0.151. The van der Waals surface area contributed by atoms with Gasteiger partial charge in [0.25, 0.3) is 5.91 Å². The molecule has 84 valence electrons. The van der Waals surface area contributed by atoms with E-state index in [0.717, 1.165) is 5.56 Å². The first-order chi connectivity index (χ1) is 7.58. The standard InChI is InChI=1S/C13H15NO2/c1-4-10(5-2)14-13(16)12-7-6-11(15)8-9(12)3/h1,6-8,10,15H,5H2,2-3H3,(H,14,16). The topological polar surface area (TPSA) is 49.3 Å². The van der Waals surface area contributed by atoms with Gasteiger partial charge in [-0.1, -0.05) is 12.8 Å². The molecule has 3 nitrogen and oxygen atoms in total. The van der Waals surface area contributed by atoms with E-state index < -0.39 is 0 Å². The SMILES string of the molecule is C#CC(CC)NC(=O)c1ccc(O)cc1C. The summed E-state index contributed by atoms with van der Waals surface area (Å²) in [5, 5.41) is 12.0. The molecule has 0 saturated heterocycles. The predicted molar refractivity (Wildman–Crippen MR) is 63.2 cm³/mol. The van der Waals surface area contributed by atoms with Crippen molar-refractivity contribution in [3.63, 3.8) is 0 Å². The molecule has 3 heteroatoms. The van der Waals surface area contributed by atoms with Crippen LogP contribution in [-0.4, -0.2) is 17.1 Å². The number of benzene rings is 1. The minimum Gasteiger partial charge on any atom is -0.508 e. The summed E-state index contributed by atoms with van der Waals surface area (Å²) in [7, 11) is 0. The fourth-order valence-corrected chi connectivity index (χ4v) is 1.40. The number of aromatic hydroxyl groups is 1. The van der Waals surface area contributed by atoms with Gasteiger partial charge in [0.15, 0.2) is 0 Å². The molecule has 0 aliphatic carbocycles. The number of aryl methyl sites for hydroxylation is 1. The van der Waals surface area contributed by atoms with Gasteiger partial charge in [-0.3, -0.25) is 4.79 Å². The van der Waals surface area contributed by atoms with Crippen LogP contribution >= 0.6 is 0 Å². The van der Waals surface area contributed by atoms with Crippen LogP contribution < -0.4 is 5.32 Å². The highest BCUT2D eigenvalue weighted by Crippen LogP contribution is 2.15. The number of amides is 1. The molecule has 0 saturated carbocycles. The van der Waals surface area contributed by atoms with Gasteiger partial charge in [-0.2, -0.15) is 0 Å². The Morgan fingerprint density at radius 2 is 2.31 bits per heavy atom. The molecule has 1 aromatic rings. The van der Waals surface area contributed by atoms with Crippen LogP contribution in [0.15, 0.2) is 18.2 Å². The summed E-state index contributed by atoms with van der Waals surface area (Å²) in [5.74, 6) is 2.45. The zero-order valence-electron chi connectivity index (χ0n) is 9.45. The number of nitrogens with one attached hydrogen (secondary N) is 1. The number of terminal acetylenes is 1. The molecule has 1 atom stereocenters. The zero-order valence-corrected chi connectivity index (χ0v) is 9.45. The van der Waals surface area contributed by atoms with E-state index in [1.807, 2.05) is 6.92 Å². The lowest BCUT2D eigenvalue weighted by molar-refractivity contribution is 0.0944. The molecule has 1 rings (SSSR count). The van der Waals surface area contributed by atoms with Gasteiger partial charge in [0, 0.05) is 5.56 Å². The van der Waals surface area contributed by atoms with Gasteiger partial charge in [0.05, 0.1) is 6.04 Å². The summed E-state index contributed by atoms with van der Waals surface area (Å²) < 4.78 is 0. The van der Waals surface area contributed by atoms with Crippen LogP contribution in [0.25, 0.3) is 0 Å². The molecule has 16 heavy (non-hydrogen) atoms. The normalized spacial score (nSPS) is 11.6. The number of rotatable bonds is 3. The average Bonchev–Trinajstić information content (AvgIpc) is 2.25. The summed E-state index contributed by atoms with van der Waals surface area (Å²) in [4.78, 5) is 11.8. The molecule has 0 spiro atoms. The van der Waals surface area contributed by atoms with Crippen molar-refractivity contribution in [3.05, 3.63) is 29.3 Å². The highest BCUT2D eigenvalue weighted by molar-refractivity contribution is 5.96. The minimum atomic E-state index is -0.249. The number of hydrogen-bond acceptors (Lipinski definition) is 2. The van der Waals surface area contributed by atoms with E-state index >= 15 is 0 Å². The maximum Gasteiger partial charge on any atom is 0.252 e. The Bertz CT molecular complexity index is 432. The van der Waals surface area contributed by atoms with E-state index in [-0.39, 0.29) is 17.7 Å². The Morgan fingerprint density at radius 1 is 1.62 bits per heavy atom. The largest absolute Gasteiger partial charge is 0.508 e. The lowest BCUT2D eigenvalue weighted by atomic mass is 10.1. The van der Waals surface area contributed by atoms with Crippen LogP contribution in [0.2, 0.25) is 0 Å². The quantitative estimate of drug-likeness (QED) is 0.759. The van der Waals surface area contributed by atoms with Crippen LogP contribution in [-0.2, 0) is 0 Å². The lowest BCUT2D eigenvalue weighted by Gasteiger charge is -2.12. The van der Waals surface area contributed by atoms with Crippen LogP contribution in [0.1, 0.15) is 29.3 Å². The molecular weight excluding hydrogens is 202 g/mol. The first kappa shape index (κ1) is 12.1. The van der Waals surface area contributed by atoms with Gasteiger partial charge in [0.2, 0.25) is 0 Å². The molecule has 2 N–H and O–H groups in total. The average molecular weight is 217 g/mol. The van der Waals surface area contributed by atoms with Crippen molar-refractivity contribution in [1.82, 2.24) is 5.32 Å². The van der Waals surface area contributed by atoms with Gasteiger partial charge in [-0.25, -0.2) is 0 Å². The Hall–Kier alpha value is -1.95. The third-order valence-electron chi connectivity index (χ3n) is 2.37. The van der Waals surface area contributed by atoms with Crippen LogP contribution in [0.5, 0.6) is 5.75 Å². The monoisotopic (exact) mass is 217 g/mol. The summed E-state index contributed by atoms with van der Waals surface area (Å²) in [6.07, 6.45) is 5.96. The van der Waals surface area contributed by atoms with Crippen molar-refractivity contribution in [1.29, 1.82) is 0 Å². The summed E-state index contributed by atoms with van der Waals surface area (Å²) in [6.45, 7) is 3.68. The van der Waals surface area contributed by atoms with Crippen molar-refractivity contribution in [2.45, 2.75) is 26.3 Å². The van der Waals surface area contributed by atoms with E-state index in [9.17, 15) is 9.90 Å². The molecule has 0 aliphatic rings. The second-order valence-electron chi connectivity index (χ2n) is 3.60. The smallest absolute Gasteiger partial charge is 0.252 e. The van der Waals surface area contributed by atoms with Crippen LogP contribution in [0, 0.1) is 19.3 Å². The Morgan fingerprint density at radius 3 is 2.81 bits per heavy atom. The number of phenols is 1. The highest BCUT2D eigenvalue weighted by atomic mass is 16.3. The molecule has 0 bridgehead atoms. The Kier molecular flexibility index (Phi) is 3.96. The molecule has 1 amide bonds. The van der Waals surface area contributed by atoms with Crippen molar-refractivity contribution in [2.75, 3.05) is 0 Å². The second kappa shape index (κ2) is 5.22. The third-order valence-corrected chi connectivity index (χ3v) is 2.37. The number of hydrogen-bond donors (Lipinski definition) is 2.